The third-order valence-electron chi connectivity index (χ3n) is 4.19. The van der Waals surface area contributed by atoms with Crippen LogP contribution in [-0.2, 0) is 21.3 Å². The Morgan fingerprint density at radius 1 is 1.31 bits per heavy atom. The quantitative estimate of drug-likeness (QED) is 0.339. The Morgan fingerprint density at radius 2 is 2.04 bits per heavy atom. The maximum Gasteiger partial charge on any atom is 0.213 e. The Morgan fingerprint density at radius 3 is 2.69 bits per heavy atom. The lowest BCUT2D eigenvalue weighted by molar-refractivity contribution is 0.115. The summed E-state index contributed by atoms with van der Waals surface area (Å²) in [5, 5.41) is 3.09. The highest BCUT2D eigenvalue weighted by molar-refractivity contribution is 7.89. The molecule has 0 unspecified atom stereocenters. The van der Waals surface area contributed by atoms with Gasteiger partial charge in [-0.25, -0.2) is 13.1 Å². The molecule has 0 aliphatic heterocycles. The molecule has 0 aromatic heterocycles. The molecule has 1 aliphatic rings. The van der Waals surface area contributed by atoms with Gasteiger partial charge in [-0.1, -0.05) is 30.3 Å². The minimum absolute atomic E-state index is 0.00905. The Bertz CT molecular complexity index is 660. The summed E-state index contributed by atoms with van der Waals surface area (Å²) in [6.45, 7) is 2.79. The van der Waals surface area contributed by atoms with Crippen LogP contribution in [0.1, 0.15) is 18.4 Å². The van der Waals surface area contributed by atoms with Crippen molar-refractivity contribution in [1.82, 2.24) is 14.9 Å². The maximum atomic E-state index is 12.1. The van der Waals surface area contributed by atoms with Crippen molar-refractivity contribution in [3.05, 3.63) is 35.9 Å². The first-order valence-electron chi connectivity index (χ1n) is 9.01. The molecule has 0 radical (unpaired) electrons. The van der Waals surface area contributed by atoms with E-state index in [0.29, 0.717) is 32.2 Å². The number of nitrogens with one attached hydrogen (secondary N) is 2. The van der Waals surface area contributed by atoms with Gasteiger partial charge in [0.25, 0.3) is 0 Å². The Balaban J connectivity index is 1.64. The molecule has 1 aromatic rings. The van der Waals surface area contributed by atoms with Crippen LogP contribution in [0, 0.1) is 5.92 Å². The standard InChI is InChI=1S/C18H30N4O3S/c1-19-18(22(2)11-12-25-15-17-8-9-17)20-10-13-26(23,24)21-14-16-6-4-3-5-7-16/h3-7,17,21H,8-15H2,1-2H3,(H,19,20). The van der Waals surface area contributed by atoms with E-state index < -0.39 is 10.0 Å². The van der Waals surface area contributed by atoms with Crippen LogP contribution < -0.4 is 10.0 Å². The molecular weight excluding hydrogens is 352 g/mol. The maximum absolute atomic E-state index is 12.1. The van der Waals surface area contributed by atoms with Gasteiger partial charge in [-0.15, -0.1) is 0 Å². The van der Waals surface area contributed by atoms with Crippen LogP contribution >= 0.6 is 0 Å². The number of sulfonamides is 1. The molecule has 1 aromatic carbocycles. The zero-order valence-corrected chi connectivity index (χ0v) is 16.5. The van der Waals surface area contributed by atoms with Gasteiger partial charge in [0.2, 0.25) is 10.0 Å². The van der Waals surface area contributed by atoms with Crippen LogP contribution in [0.15, 0.2) is 35.3 Å². The molecule has 1 fully saturated rings. The van der Waals surface area contributed by atoms with Crippen molar-refractivity contribution in [3.8, 4) is 0 Å². The molecule has 1 aliphatic carbocycles. The molecule has 8 heteroatoms. The normalized spacial score (nSPS) is 15.1. The lowest BCUT2D eigenvalue weighted by Gasteiger charge is -2.22. The molecule has 146 valence electrons. The molecule has 0 amide bonds. The molecule has 1 saturated carbocycles. The summed E-state index contributed by atoms with van der Waals surface area (Å²) >= 11 is 0. The average Bonchev–Trinajstić information content (AvgIpc) is 3.46. The van der Waals surface area contributed by atoms with Gasteiger partial charge in [0.15, 0.2) is 5.96 Å². The third kappa shape index (κ3) is 8.16. The zero-order valence-electron chi connectivity index (χ0n) is 15.6. The summed E-state index contributed by atoms with van der Waals surface area (Å²) in [7, 11) is 0.258. The van der Waals surface area contributed by atoms with E-state index in [2.05, 4.69) is 15.0 Å². The highest BCUT2D eigenvalue weighted by Gasteiger charge is 2.21. The number of hydrogen-bond donors (Lipinski definition) is 2. The van der Waals surface area contributed by atoms with Crippen LogP contribution in [0.5, 0.6) is 0 Å². The number of guanidine groups is 1. The van der Waals surface area contributed by atoms with Gasteiger partial charge in [0.1, 0.15) is 0 Å². The summed E-state index contributed by atoms with van der Waals surface area (Å²) in [5.74, 6) is 1.41. The topological polar surface area (TPSA) is 83.0 Å². The van der Waals surface area contributed by atoms with Crippen molar-refractivity contribution in [2.45, 2.75) is 19.4 Å². The van der Waals surface area contributed by atoms with E-state index in [9.17, 15) is 8.42 Å². The molecule has 0 bridgehead atoms. The molecule has 0 heterocycles. The van der Waals surface area contributed by atoms with Crippen LogP contribution in [-0.4, -0.2) is 65.4 Å². The summed E-state index contributed by atoms with van der Waals surface area (Å²) in [5.41, 5.74) is 0.936. The number of hydrogen-bond acceptors (Lipinski definition) is 4. The van der Waals surface area contributed by atoms with Crippen molar-refractivity contribution in [2.75, 3.05) is 46.2 Å². The second kappa shape index (κ2) is 10.5. The number of nitrogens with zero attached hydrogens (tertiary/aromatic N) is 2. The number of ether oxygens (including phenoxy) is 1. The number of aliphatic imine (C=N–C) groups is 1. The molecule has 0 atom stereocenters. The number of benzene rings is 1. The lowest BCUT2D eigenvalue weighted by atomic mass is 10.2. The molecule has 2 N–H and O–H groups in total. The van der Waals surface area contributed by atoms with Crippen LogP contribution in [0.4, 0.5) is 0 Å². The van der Waals surface area contributed by atoms with Gasteiger partial charge >= 0.3 is 0 Å². The molecule has 26 heavy (non-hydrogen) atoms. The average molecular weight is 383 g/mol. The smallest absolute Gasteiger partial charge is 0.213 e. The first-order valence-corrected chi connectivity index (χ1v) is 10.7. The van der Waals surface area contributed by atoms with Gasteiger partial charge in [0.05, 0.1) is 12.4 Å². The van der Waals surface area contributed by atoms with Crippen molar-refractivity contribution in [2.24, 2.45) is 10.9 Å². The fourth-order valence-corrected chi connectivity index (χ4v) is 3.29. The van der Waals surface area contributed by atoms with Crippen molar-refractivity contribution in [1.29, 1.82) is 0 Å². The van der Waals surface area contributed by atoms with Crippen molar-refractivity contribution in [3.63, 3.8) is 0 Å². The number of likely N-dealkylation sites (N-methyl/N-ethyl adjacent to an activating group) is 1. The van der Waals surface area contributed by atoms with E-state index in [4.69, 9.17) is 4.74 Å². The number of rotatable bonds is 11. The van der Waals surface area contributed by atoms with Crippen LogP contribution in [0.25, 0.3) is 0 Å². The highest BCUT2D eigenvalue weighted by atomic mass is 32.2. The van der Waals surface area contributed by atoms with Crippen LogP contribution in [0.3, 0.4) is 0 Å². The predicted molar refractivity (Wildman–Crippen MR) is 105 cm³/mol. The lowest BCUT2D eigenvalue weighted by Crippen LogP contribution is -2.43. The van der Waals surface area contributed by atoms with Gasteiger partial charge in [0, 0.05) is 40.3 Å². The summed E-state index contributed by atoms with van der Waals surface area (Å²) in [6.07, 6.45) is 2.57. The molecule has 0 spiro atoms. The molecule has 0 saturated heterocycles. The predicted octanol–water partition coefficient (Wildman–Crippen LogP) is 1.04. The minimum atomic E-state index is -3.34. The van der Waals surface area contributed by atoms with Gasteiger partial charge in [-0.05, 0) is 24.3 Å². The van der Waals surface area contributed by atoms with E-state index in [0.717, 1.165) is 18.1 Å². The van der Waals surface area contributed by atoms with E-state index in [1.165, 1.54) is 12.8 Å². The Hall–Kier alpha value is -1.64. The van der Waals surface area contributed by atoms with Crippen molar-refractivity contribution < 1.29 is 13.2 Å². The van der Waals surface area contributed by atoms with Gasteiger partial charge in [-0.2, -0.15) is 0 Å². The van der Waals surface area contributed by atoms with Crippen LogP contribution in [0.2, 0.25) is 0 Å². The summed E-state index contributed by atoms with van der Waals surface area (Å²) in [4.78, 5) is 6.13. The second-order valence-corrected chi connectivity index (χ2v) is 8.47. The van der Waals surface area contributed by atoms with E-state index in [1.54, 1.807) is 7.05 Å². The third-order valence-corrected chi connectivity index (χ3v) is 5.51. The van der Waals surface area contributed by atoms with E-state index in [1.807, 2.05) is 42.3 Å². The van der Waals surface area contributed by atoms with Crippen molar-refractivity contribution >= 4 is 16.0 Å². The Kier molecular flexibility index (Phi) is 8.34. The summed E-state index contributed by atoms with van der Waals surface area (Å²) in [6, 6.07) is 9.46. The van der Waals surface area contributed by atoms with E-state index in [-0.39, 0.29) is 5.75 Å². The van der Waals surface area contributed by atoms with Gasteiger partial charge < -0.3 is 15.0 Å². The monoisotopic (exact) mass is 382 g/mol. The fraction of sp³-hybridized carbons (Fsp3) is 0.611. The largest absolute Gasteiger partial charge is 0.379 e. The first kappa shape index (κ1) is 20.7. The molecular formula is C18H30N4O3S. The Labute approximate surface area is 156 Å². The first-order chi connectivity index (χ1) is 12.5. The molecule has 7 nitrogen and oxygen atoms in total. The minimum Gasteiger partial charge on any atom is -0.379 e. The molecule has 2 rings (SSSR count). The van der Waals surface area contributed by atoms with Gasteiger partial charge in [-0.3, -0.25) is 4.99 Å². The zero-order chi connectivity index (χ0) is 18.8. The SMILES string of the molecule is CN=C(NCCS(=O)(=O)NCc1ccccc1)N(C)CCOCC1CC1. The summed E-state index contributed by atoms with van der Waals surface area (Å²) < 4.78 is 32.4. The highest BCUT2D eigenvalue weighted by Crippen LogP contribution is 2.28. The van der Waals surface area contributed by atoms with E-state index >= 15 is 0 Å². The second-order valence-electron chi connectivity index (χ2n) is 6.54. The fourth-order valence-electron chi connectivity index (χ4n) is 2.39.